The minimum absolute atomic E-state index is 0.194. The van der Waals surface area contributed by atoms with Crippen LogP contribution < -0.4 is 5.32 Å². The molecule has 1 aromatic carbocycles. The fraction of sp³-hybridized carbons (Fsp3) is 0.188. The van der Waals surface area contributed by atoms with Crippen molar-refractivity contribution in [2.45, 2.75) is 13.0 Å². The van der Waals surface area contributed by atoms with E-state index in [9.17, 15) is 14.7 Å². The van der Waals surface area contributed by atoms with Crippen molar-refractivity contribution in [3.63, 3.8) is 0 Å². The molecule has 0 spiro atoms. The molecule has 6 nitrogen and oxygen atoms in total. The number of benzene rings is 1. The number of pyridine rings is 1. The van der Waals surface area contributed by atoms with Crippen molar-refractivity contribution >= 4 is 29.3 Å². The highest BCUT2D eigenvalue weighted by Crippen LogP contribution is 2.22. The molecule has 1 aliphatic heterocycles. The van der Waals surface area contributed by atoms with Crippen molar-refractivity contribution in [2.75, 3.05) is 11.9 Å². The van der Waals surface area contributed by atoms with Crippen molar-refractivity contribution < 1.29 is 14.7 Å². The van der Waals surface area contributed by atoms with Gasteiger partial charge in [-0.2, -0.15) is 0 Å². The number of aromatic nitrogens is 1. The van der Waals surface area contributed by atoms with Gasteiger partial charge in [-0.1, -0.05) is 11.6 Å². The lowest BCUT2D eigenvalue weighted by molar-refractivity contribution is 0.0693. The van der Waals surface area contributed by atoms with E-state index in [1.165, 1.54) is 12.3 Å². The van der Waals surface area contributed by atoms with E-state index in [1.54, 1.807) is 29.2 Å². The summed E-state index contributed by atoms with van der Waals surface area (Å²) in [6.07, 6.45) is 2.02. The third-order valence-corrected chi connectivity index (χ3v) is 3.98. The molecule has 0 saturated heterocycles. The minimum atomic E-state index is -1.01. The fourth-order valence-electron chi connectivity index (χ4n) is 2.55. The van der Waals surface area contributed by atoms with Gasteiger partial charge in [-0.25, -0.2) is 9.59 Å². The number of halogens is 1. The highest BCUT2D eigenvalue weighted by molar-refractivity contribution is 6.30. The summed E-state index contributed by atoms with van der Waals surface area (Å²) in [6, 6.07) is 7.98. The van der Waals surface area contributed by atoms with E-state index in [1.807, 2.05) is 0 Å². The normalized spacial score (nSPS) is 13.3. The smallest absolute Gasteiger partial charge is 0.336 e. The Kier molecular flexibility index (Phi) is 4.16. The van der Waals surface area contributed by atoms with Gasteiger partial charge in [0.1, 0.15) is 0 Å². The van der Waals surface area contributed by atoms with Gasteiger partial charge < -0.3 is 15.3 Å². The lowest BCUT2D eigenvalue weighted by atomic mass is 10.0. The Balaban J connectivity index is 1.77. The largest absolute Gasteiger partial charge is 0.478 e. The summed E-state index contributed by atoms with van der Waals surface area (Å²) >= 11 is 5.81. The maximum Gasteiger partial charge on any atom is 0.336 e. The number of carboxylic acids is 1. The van der Waals surface area contributed by atoms with Crippen molar-refractivity contribution in [1.82, 2.24) is 9.88 Å². The van der Waals surface area contributed by atoms with Crippen molar-refractivity contribution in [3.05, 3.63) is 58.4 Å². The van der Waals surface area contributed by atoms with E-state index in [-0.39, 0.29) is 18.1 Å². The predicted molar refractivity (Wildman–Crippen MR) is 85.8 cm³/mol. The summed E-state index contributed by atoms with van der Waals surface area (Å²) in [5.41, 5.74) is 2.16. The molecule has 3 rings (SSSR count). The van der Waals surface area contributed by atoms with Crippen LogP contribution in [0.1, 0.15) is 21.6 Å². The molecule has 2 aromatic rings. The van der Waals surface area contributed by atoms with Crippen LogP contribution in [0.2, 0.25) is 5.02 Å². The van der Waals surface area contributed by atoms with Crippen LogP contribution in [0.5, 0.6) is 0 Å². The Morgan fingerprint density at radius 3 is 2.65 bits per heavy atom. The minimum Gasteiger partial charge on any atom is -0.478 e. The summed E-state index contributed by atoms with van der Waals surface area (Å²) < 4.78 is 0. The lowest BCUT2D eigenvalue weighted by Gasteiger charge is -2.29. The summed E-state index contributed by atoms with van der Waals surface area (Å²) in [4.78, 5) is 29.5. The van der Waals surface area contributed by atoms with Crippen LogP contribution in [0.4, 0.5) is 10.5 Å². The maximum absolute atomic E-state index is 12.4. The highest BCUT2D eigenvalue weighted by atomic mass is 35.5. The topological polar surface area (TPSA) is 82.5 Å². The molecule has 0 aliphatic carbocycles. The van der Waals surface area contributed by atoms with E-state index < -0.39 is 5.97 Å². The van der Waals surface area contributed by atoms with E-state index in [4.69, 9.17) is 11.6 Å². The molecule has 0 fully saturated rings. The maximum atomic E-state index is 12.4. The summed E-state index contributed by atoms with van der Waals surface area (Å²) in [7, 11) is 0. The Labute approximate surface area is 137 Å². The van der Waals surface area contributed by atoms with Crippen LogP contribution >= 0.6 is 11.6 Å². The Morgan fingerprint density at radius 2 is 1.96 bits per heavy atom. The van der Waals surface area contributed by atoms with Crippen LogP contribution in [-0.4, -0.2) is 33.5 Å². The first-order valence-corrected chi connectivity index (χ1v) is 7.44. The second-order valence-corrected chi connectivity index (χ2v) is 5.63. The van der Waals surface area contributed by atoms with E-state index in [0.717, 1.165) is 5.69 Å². The van der Waals surface area contributed by atoms with Gasteiger partial charge in [-0.15, -0.1) is 0 Å². The Hall–Kier alpha value is -2.60. The first-order chi connectivity index (χ1) is 11.0. The number of carbonyl (C=O) groups excluding carboxylic acids is 1. The van der Waals surface area contributed by atoms with Gasteiger partial charge in [0.15, 0.2) is 0 Å². The molecule has 0 saturated carbocycles. The number of hydrogen-bond acceptors (Lipinski definition) is 3. The number of aromatic carboxylic acids is 1. The molecule has 0 unspecified atom stereocenters. The van der Waals surface area contributed by atoms with Crippen LogP contribution in [0.3, 0.4) is 0 Å². The number of fused-ring (bicyclic) bond motifs is 1. The van der Waals surface area contributed by atoms with Crippen LogP contribution in [0.15, 0.2) is 36.5 Å². The number of anilines is 1. The summed E-state index contributed by atoms with van der Waals surface area (Å²) in [5.74, 6) is -1.01. The second-order valence-electron chi connectivity index (χ2n) is 5.20. The number of urea groups is 1. The highest BCUT2D eigenvalue weighted by Gasteiger charge is 2.25. The third kappa shape index (κ3) is 3.27. The molecule has 0 radical (unpaired) electrons. The molecule has 7 heteroatoms. The molecule has 2 N–H and O–H groups in total. The van der Waals surface area contributed by atoms with Gasteiger partial charge in [-0.05, 0) is 30.3 Å². The molecule has 1 aromatic heterocycles. The zero-order chi connectivity index (χ0) is 16.4. The molecule has 2 amide bonds. The molecule has 2 heterocycles. The summed E-state index contributed by atoms with van der Waals surface area (Å²) in [5, 5.41) is 12.6. The fourth-order valence-corrected chi connectivity index (χ4v) is 2.67. The number of carboxylic acid groups (broad SMARTS) is 1. The van der Waals surface area contributed by atoms with Crippen molar-refractivity contribution in [1.29, 1.82) is 0 Å². The lowest BCUT2D eigenvalue weighted by Crippen LogP contribution is -2.39. The van der Waals surface area contributed by atoms with E-state index in [2.05, 4.69) is 10.3 Å². The molecule has 118 valence electrons. The molecule has 1 aliphatic rings. The first kappa shape index (κ1) is 15.3. The van der Waals surface area contributed by atoms with Gasteiger partial charge in [-0.3, -0.25) is 4.98 Å². The van der Waals surface area contributed by atoms with E-state index in [0.29, 0.717) is 29.2 Å². The number of carbonyl (C=O) groups is 2. The molecule has 0 bridgehead atoms. The molecule has 0 atom stereocenters. The SMILES string of the molecule is O=C(O)c1ccnc2c1CN(C(=O)Nc1ccc(Cl)cc1)CC2. The number of rotatable bonds is 2. The van der Waals surface area contributed by atoms with Crippen molar-refractivity contribution in [3.8, 4) is 0 Å². The van der Waals surface area contributed by atoms with Gasteiger partial charge in [0.25, 0.3) is 0 Å². The van der Waals surface area contributed by atoms with Crippen LogP contribution in [-0.2, 0) is 13.0 Å². The monoisotopic (exact) mass is 331 g/mol. The number of nitrogens with one attached hydrogen (secondary N) is 1. The quantitative estimate of drug-likeness (QED) is 0.886. The van der Waals surface area contributed by atoms with Gasteiger partial charge in [0, 0.05) is 41.1 Å². The average molecular weight is 332 g/mol. The van der Waals surface area contributed by atoms with E-state index >= 15 is 0 Å². The van der Waals surface area contributed by atoms with Gasteiger partial charge >= 0.3 is 12.0 Å². The molecular formula is C16H14ClN3O3. The third-order valence-electron chi connectivity index (χ3n) is 3.73. The number of hydrogen-bond donors (Lipinski definition) is 2. The van der Waals surface area contributed by atoms with Gasteiger partial charge in [0.2, 0.25) is 0 Å². The first-order valence-electron chi connectivity index (χ1n) is 7.06. The second kappa shape index (κ2) is 6.26. The molecular weight excluding hydrogens is 318 g/mol. The van der Waals surface area contributed by atoms with Gasteiger partial charge in [0.05, 0.1) is 12.1 Å². The zero-order valence-electron chi connectivity index (χ0n) is 12.1. The van der Waals surface area contributed by atoms with Crippen LogP contribution in [0.25, 0.3) is 0 Å². The Morgan fingerprint density at radius 1 is 1.22 bits per heavy atom. The predicted octanol–water partition coefficient (Wildman–Crippen LogP) is 3.02. The average Bonchev–Trinajstić information content (AvgIpc) is 2.55. The van der Waals surface area contributed by atoms with Crippen LogP contribution in [0, 0.1) is 0 Å². The number of nitrogens with zero attached hydrogens (tertiary/aromatic N) is 2. The Bertz CT molecular complexity index is 762. The standard InChI is InChI=1S/C16H14ClN3O3/c17-10-1-3-11(4-2-10)19-16(23)20-8-6-14-13(9-20)12(15(21)22)5-7-18-14/h1-5,7H,6,8-9H2,(H,19,23)(H,21,22). The zero-order valence-corrected chi connectivity index (χ0v) is 12.9. The number of amides is 2. The summed E-state index contributed by atoms with van der Waals surface area (Å²) in [6.45, 7) is 0.715. The van der Waals surface area contributed by atoms with Crippen molar-refractivity contribution in [2.24, 2.45) is 0 Å². The molecule has 23 heavy (non-hydrogen) atoms.